The molecular formula is C23H19N3O2. The molecule has 0 saturated carbocycles. The summed E-state index contributed by atoms with van der Waals surface area (Å²) in [6, 6.07) is 16.4. The quantitative estimate of drug-likeness (QED) is 0.413. The van der Waals surface area contributed by atoms with E-state index in [1.54, 1.807) is 0 Å². The Morgan fingerprint density at radius 3 is 2.75 bits per heavy atom. The summed E-state index contributed by atoms with van der Waals surface area (Å²) in [7, 11) is 0. The molecule has 1 aliphatic rings. The Morgan fingerprint density at radius 2 is 1.82 bits per heavy atom. The fourth-order valence-electron chi connectivity index (χ4n) is 4.69. The highest BCUT2D eigenvalue weighted by molar-refractivity contribution is 6.02. The van der Waals surface area contributed by atoms with Gasteiger partial charge in [-0.2, -0.15) is 0 Å². The molecule has 3 N–H and O–H groups in total. The van der Waals surface area contributed by atoms with Crippen molar-refractivity contribution in [3.8, 4) is 28.6 Å². The van der Waals surface area contributed by atoms with Crippen molar-refractivity contribution in [1.29, 1.82) is 0 Å². The summed E-state index contributed by atoms with van der Waals surface area (Å²) in [6.45, 7) is 0.965. The lowest BCUT2D eigenvalue weighted by molar-refractivity contribution is 0.425. The monoisotopic (exact) mass is 369 g/mol. The van der Waals surface area contributed by atoms with Gasteiger partial charge in [0.1, 0.15) is 5.69 Å². The summed E-state index contributed by atoms with van der Waals surface area (Å²) in [4.78, 5) is 2.73. The third kappa shape index (κ3) is 1.96. The van der Waals surface area contributed by atoms with Gasteiger partial charge in [0.05, 0.1) is 16.6 Å². The average Bonchev–Trinajstić information content (AvgIpc) is 3.37. The number of aromatic amines is 1. The Bertz CT molecular complexity index is 1370. The van der Waals surface area contributed by atoms with Crippen LogP contribution in [0.5, 0.6) is 11.8 Å². The third-order valence-corrected chi connectivity index (χ3v) is 5.87. The van der Waals surface area contributed by atoms with Crippen molar-refractivity contribution >= 4 is 21.8 Å². The van der Waals surface area contributed by atoms with Crippen molar-refractivity contribution in [3.05, 3.63) is 66.5 Å². The number of para-hydroxylation sites is 2. The molecule has 0 bridgehead atoms. The van der Waals surface area contributed by atoms with Crippen molar-refractivity contribution in [2.75, 3.05) is 0 Å². The van der Waals surface area contributed by atoms with E-state index in [0.717, 1.165) is 41.2 Å². The molecule has 0 unspecified atom stereocenters. The van der Waals surface area contributed by atoms with Crippen LogP contribution in [0.25, 0.3) is 38.6 Å². The number of hydrogen-bond donors (Lipinski definition) is 3. The summed E-state index contributed by atoms with van der Waals surface area (Å²) >= 11 is 0. The molecule has 2 aromatic carbocycles. The highest BCUT2D eigenvalue weighted by Gasteiger charge is 2.25. The van der Waals surface area contributed by atoms with Crippen LogP contribution in [0.15, 0.2) is 60.9 Å². The summed E-state index contributed by atoms with van der Waals surface area (Å²) in [5, 5.41) is 23.6. The van der Waals surface area contributed by atoms with Gasteiger partial charge in [-0.1, -0.05) is 36.4 Å². The molecule has 5 aromatic rings. The first-order valence-electron chi connectivity index (χ1n) is 9.54. The van der Waals surface area contributed by atoms with Crippen LogP contribution in [0.3, 0.4) is 0 Å². The van der Waals surface area contributed by atoms with E-state index in [-0.39, 0.29) is 11.8 Å². The molecule has 1 aliphatic heterocycles. The van der Waals surface area contributed by atoms with Crippen molar-refractivity contribution in [2.45, 2.75) is 19.4 Å². The number of rotatable bonds is 2. The Hall–Kier alpha value is -3.60. The molecule has 0 aliphatic carbocycles. The van der Waals surface area contributed by atoms with Gasteiger partial charge in [-0.15, -0.1) is 0 Å². The van der Waals surface area contributed by atoms with E-state index in [0.29, 0.717) is 11.3 Å². The Balaban J connectivity index is 1.69. The first kappa shape index (κ1) is 15.5. The molecule has 0 atom stereocenters. The molecule has 28 heavy (non-hydrogen) atoms. The molecule has 5 nitrogen and oxygen atoms in total. The van der Waals surface area contributed by atoms with Crippen LogP contribution in [0.4, 0.5) is 0 Å². The fourth-order valence-corrected chi connectivity index (χ4v) is 4.69. The number of aromatic hydroxyl groups is 2. The Morgan fingerprint density at radius 1 is 0.929 bits per heavy atom. The van der Waals surface area contributed by atoms with Crippen LogP contribution in [-0.4, -0.2) is 24.3 Å². The predicted molar refractivity (Wildman–Crippen MR) is 110 cm³/mol. The maximum Gasteiger partial charge on any atom is 0.216 e. The van der Waals surface area contributed by atoms with Crippen molar-refractivity contribution < 1.29 is 10.2 Å². The van der Waals surface area contributed by atoms with Crippen molar-refractivity contribution in [2.24, 2.45) is 0 Å². The second kappa shape index (κ2) is 5.45. The summed E-state index contributed by atoms with van der Waals surface area (Å²) in [6.07, 6.45) is 6.21. The van der Waals surface area contributed by atoms with Crippen molar-refractivity contribution in [1.82, 2.24) is 14.1 Å². The number of aromatic nitrogens is 3. The molecule has 5 heteroatoms. The van der Waals surface area contributed by atoms with Crippen LogP contribution in [-0.2, 0) is 13.0 Å². The zero-order valence-electron chi connectivity index (χ0n) is 15.2. The maximum absolute atomic E-state index is 10.7. The lowest BCUT2D eigenvalue weighted by Gasteiger charge is -2.14. The van der Waals surface area contributed by atoms with E-state index < -0.39 is 0 Å². The standard InChI is InChI=1S/C23H19N3O2/c27-22-19(17-13-25-11-4-7-15-6-3-8-16(17)20(15)25)21(23(28)24-22)26-12-10-14-5-1-2-9-18(14)26/h1-3,5-6,8-10,12-13,24,27-28H,4,7,11H2. The number of H-pyrrole nitrogens is 1. The molecule has 3 aromatic heterocycles. The minimum Gasteiger partial charge on any atom is -0.494 e. The van der Waals surface area contributed by atoms with Gasteiger partial charge in [0.15, 0.2) is 0 Å². The van der Waals surface area contributed by atoms with Gasteiger partial charge in [-0.3, -0.25) is 4.98 Å². The van der Waals surface area contributed by atoms with Gasteiger partial charge in [0.2, 0.25) is 11.8 Å². The molecule has 138 valence electrons. The fraction of sp³-hybridized carbons (Fsp3) is 0.130. The Kier molecular flexibility index (Phi) is 3.01. The summed E-state index contributed by atoms with van der Waals surface area (Å²) < 4.78 is 4.20. The smallest absolute Gasteiger partial charge is 0.216 e. The average molecular weight is 369 g/mol. The van der Waals surface area contributed by atoms with Crippen LogP contribution in [0.1, 0.15) is 12.0 Å². The molecular weight excluding hydrogens is 350 g/mol. The minimum absolute atomic E-state index is 0.0195. The van der Waals surface area contributed by atoms with Gasteiger partial charge in [0, 0.05) is 29.9 Å². The molecule has 0 radical (unpaired) electrons. The number of aryl methyl sites for hydroxylation is 2. The summed E-state index contributed by atoms with van der Waals surface area (Å²) in [5.74, 6) is -0.0604. The van der Waals surface area contributed by atoms with E-state index in [9.17, 15) is 10.2 Å². The van der Waals surface area contributed by atoms with Crippen LogP contribution in [0, 0.1) is 0 Å². The first-order chi connectivity index (χ1) is 13.7. The number of hydrogen-bond acceptors (Lipinski definition) is 2. The van der Waals surface area contributed by atoms with E-state index in [1.807, 2.05) is 41.1 Å². The Labute approximate surface area is 161 Å². The predicted octanol–water partition coefficient (Wildman–Crippen LogP) is 4.94. The van der Waals surface area contributed by atoms with Gasteiger partial charge in [0.25, 0.3) is 0 Å². The zero-order valence-corrected chi connectivity index (χ0v) is 15.2. The number of nitrogens with zero attached hydrogens (tertiary/aromatic N) is 2. The van der Waals surface area contributed by atoms with Crippen molar-refractivity contribution in [3.63, 3.8) is 0 Å². The maximum atomic E-state index is 10.7. The first-order valence-corrected chi connectivity index (χ1v) is 9.54. The normalized spacial score (nSPS) is 13.6. The molecule has 0 spiro atoms. The highest BCUT2D eigenvalue weighted by Crippen LogP contribution is 2.46. The summed E-state index contributed by atoms with van der Waals surface area (Å²) in [5.41, 5.74) is 5.67. The molecule has 0 saturated heterocycles. The van der Waals surface area contributed by atoms with Gasteiger partial charge >= 0.3 is 0 Å². The van der Waals surface area contributed by atoms with Gasteiger partial charge < -0.3 is 19.3 Å². The lowest BCUT2D eigenvalue weighted by atomic mass is 10.0. The number of fused-ring (bicyclic) bond motifs is 1. The molecule has 4 heterocycles. The SMILES string of the molecule is Oc1[nH]c(O)c(-n2ccc3ccccc32)c1-c1cn2c3c(cccc13)CCC2. The zero-order chi connectivity index (χ0) is 18.8. The minimum atomic E-state index is -0.0409. The molecule has 6 rings (SSSR count). The van der Waals surface area contributed by atoms with Gasteiger partial charge in [-0.05, 0) is 35.9 Å². The largest absolute Gasteiger partial charge is 0.494 e. The van der Waals surface area contributed by atoms with Crippen LogP contribution in [0.2, 0.25) is 0 Å². The van der Waals surface area contributed by atoms with Crippen LogP contribution < -0.4 is 0 Å². The number of benzene rings is 2. The molecule has 0 amide bonds. The number of nitrogens with one attached hydrogen (secondary N) is 1. The third-order valence-electron chi connectivity index (χ3n) is 5.87. The second-order valence-electron chi connectivity index (χ2n) is 7.44. The lowest BCUT2D eigenvalue weighted by Crippen LogP contribution is -2.05. The van der Waals surface area contributed by atoms with Crippen LogP contribution >= 0.6 is 0 Å². The molecule has 0 fully saturated rings. The van der Waals surface area contributed by atoms with E-state index >= 15 is 0 Å². The second-order valence-corrected chi connectivity index (χ2v) is 7.44. The van der Waals surface area contributed by atoms with E-state index in [4.69, 9.17) is 0 Å². The topological polar surface area (TPSA) is 66.1 Å². The van der Waals surface area contributed by atoms with E-state index in [1.165, 1.54) is 11.1 Å². The highest BCUT2D eigenvalue weighted by atomic mass is 16.3. The van der Waals surface area contributed by atoms with E-state index in [2.05, 4.69) is 33.9 Å². The van der Waals surface area contributed by atoms with Gasteiger partial charge in [-0.25, -0.2) is 0 Å².